The third-order valence-corrected chi connectivity index (χ3v) is 8.35. The number of nitrogens with zero attached hydrogens (tertiary/aromatic N) is 2. The molecule has 0 bridgehead atoms. The van der Waals surface area contributed by atoms with Gasteiger partial charge in [-0.3, -0.25) is 9.88 Å². The lowest BCUT2D eigenvalue weighted by atomic mass is 9.86. The summed E-state index contributed by atoms with van der Waals surface area (Å²) >= 11 is 0. The minimum absolute atomic E-state index is 0.0992. The maximum absolute atomic E-state index is 13.8. The van der Waals surface area contributed by atoms with Crippen LogP contribution in [0.1, 0.15) is 78.5 Å². The van der Waals surface area contributed by atoms with Crippen molar-refractivity contribution in [3.05, 3.63) is 101 Å². The van der Waals surface area contributed by atoms with E-state index < -0.39 is 41.5 Å². The van der Waals surface area contributed by atoms with Gasteiger partial charge in [0.15, 0.2) is 0 Å². The van der Waals surface area contributed by atoms with Crippen LogP contribution >= 0.6 is 0 Å². The molecule has 2 aliphatic rings. The van der Waals surface area contributed by atoms with E-state index in [0.29, 0.717) is 6.42 Å². The zero-order valence-corrected chi connectivity index (χ0v) is 22.4. The lowest BCUT2D eigenvalue weighted by molar-refractivity contribution is -0.143. The number of likely N-dealkylation sites (tertiary alicyclic amines) is 1. The van der Waals surface area contributed by atoms with E-state index in [1.54, 1.807) is 18.3 Å². The number of hydrogen-bond acceptors (Lipinski definition) is 3. The highest BCUT2D eigenvalue weighted by atomic mass is 19.4. The third kappa shape index (κ3) is 6.75. The molecular weight excluding hydrogens is 549 g/mol. The maximum Gasteiger partial charge on any atom is 0.416 e. The van der Waals surface area contributed by atoms with Crippen LogP contribution in [-0.4, -0.2) is 29.1 Å². The van der Waals surface area contributed by atoms with Gasteiger partial charge in [0.2, 0.25) is 0 Å². The fourth-order valence-electron chi connectivity index (χ4n) is 6.42. The smallest absolute Gasteiger partial charge is 0.370 e. The van der Waals surface area contributed by atoms with Crippen LogP contribution in [0.15, 0.2) is 67.0 Å². The van der Waals surface area contributed by atoms with Crippen LogP contribution in [0.4, 0.5) is 30.7 Å². The van der Waals surface area contributed by atoms with Gasteiger partial charge in [-0.1, -0.05) is 18.2 Å². The van der Waals surface area contributed by atoms with Crippen LogP contribution < -0.4 is 0 Å². The Morgan fingerprint density at radius 3 is 2.20 bits per heavy atom. The molecule has 3 aromatic rings. The molecule has 3 nitrogen and oxygen atoms in total. The van der Waals surface area contributed by atoms with Crippen molar-refractivity contribution in [3.8, 4) is 0 Å². The van der Waals surface area contributed by atoms with Gasteiger partial charge in [-0.25, -0.2) is 4.39 Å². The van der Waals surface area contributed by atoms with Crippen LogP contribution in [0, 0.1) is 11.7 Å². The van der Waals surface area contributed by atoms with Crippen molar-refractivity contribution in [2.75, 3.05) is 13.1 Å². The van der Waals surface area contributed by atoms with Crippen molar-refractivity contribution in [1.29, 1.82) is 0 Å². The highest BCUT2D eigenvalue weighted by Crippen LogP contribution is 2.46. The summed E-state index contributed by atoms with van der Waals surface area (Å²) in [5.41, 5.74) is -0.957. The molecule has 0 N–H and O–H groups in total. The van der Waals surface area contributed by atoms with E-state index in [-0.39, 0.29) is 29.5 Å². The Morgan fingerprint density at radius 2 is 1.59 bits per heavy atom. The minimum Gasteiger partial charge on any atom is -0.370 e. The number of ether oxygens (including phenoxy) is 1. The van der Waals surface area contributed by atoms with Crippen molar-refractivity contribution in [2.24, 2.45) is 5.92 Å². The van der Waals surface area contributed by atoms with Crippen molar-refractivity contribution in [3.63, 3.8) is 0 Å². The zero-order chi connectivity index (χ0) is 29.4. The van der Waals surface area contributed by atoms with Crippen LogP contribution in [0.2, 0.25) is 0 Å². The Balaban J connectivity index is 1.41. The first-order valence-electron chi connectivity index (χ1n) is 13.7. The van der Waals surface area contributed by atoms with Gasteiger partial charge < -0.3 is 4.74 Å². The fourth-order valence-corrected chi connectivity index (χ4v) is 6.42. The van der Waals surface area contributed by atoms with E-state index in [9.17, 15) is 30.7 Å². The molecule has 5 rings (SSSR count). The van der Waals surface area contributed by atoms with Gasteiger partial charge in [0.05, 0.1) is 23.3 Å². The van der Waals surface area contributed by atoms with Gasteiger partial charge in [0.25, 0.3) is 0 Å². The number of hydrogen-bond donors (Lipinski definition) is 0. The number of halogens is 7. The van der Waals surface area contributed by atoms with E-state index in [0.717, 1.165) is 55.6 Å². The summed E-state index contributed by atoms with van der Waals surface area (Å²) in [5, 5.41) is 0. The van der Waals surface area contributed by atoms with Crippen LogP contribution in [0.3, 0.4) is 0 Å². The SMILES string of the molecule is C[C@H](OC1CCC(CN2CCC[C@@H]2c2cccnc2)C1c1ccc(F)cc1)c1cc(C(F)(F)F)cc(C(F)(F)F)c1. The predicted molar refractivity (Wildman–Crippen MR) is 139 cm³/mol. The molecule has 2 aromatic carbocycles. The topological polar surface area (TPSA) is 25.4 Å². The first-order chi connectivity index (χ1) is 19.4. The molecule has 1 aliphatic heterocycles. The Morgan fingerprint density at radius 1 is 0.902 bits per heavy atom. The van der Waals surface area contributed by atoms with Crippen LogP contribution in [0.25, 0.3) is 0 Å². The van der Waals surface area contributed by atoms with Gasteiger partial charge in [-0.05, 0) is 98.2 Å². The molecular formula is C31H31F7N2O. The van der Waals surface area contributed by atoms with Crippen LogP contribution in [0.5, 0.6) is 0 Å². The first-order valence-corrected chi connectivity index (χ1v) is 13.7. The first kappa shape index (κ1) is 29.5. The summed E-state index contributed by atoms with van der Waals surface area (Å²) in [7, 11) is 0. The van der Waals surface area contributed by atoms with Gasteiger partial charge in [0.1, 0.15) is 5.82 Å². The lowest BCUT2D eigenvalue weighted by Gasteiger charge is -2.33. The normalized spacial score (nSPS) is 24.6. The van der Waals surface area contributed by atoms with Gasteiger partial charge in [0, 0.05) is 30.9 Å². The Hall–Kier alpha value is -2.98. The Kier molecular flexibility index (Phi) is 8.43. The second-order valence-electron chi connectivity index (χ2n) is 11.0. The highest BCUT2D eigenvalue weighted by molar-refractivity contribution is 5.35. The molecule has 2 heterocycles. The average molecular weight is 581 g/mol. The molecule has 1 saturated carbocycles. The van der Waals surface area contributed by atoms with Crippen molar-refractivity contribution in [2.45, 2.75) is 69.1 Å². The molecule has 2 fully saturated rings. The van der Waals surface area contributed by atoms with E-state index in [2.05, 4.69) is 16.0 Å². The van der Waals surface area contributed by atoms with E-state index in [1.807, 2.05) is 12.3 Å². The molecule has 3 unspecified atom stereocenters. The molecule has 10 heteroatoms. The molecule has 0 spiro atoms. The average Bonchev–Trinajstić information content (AvgIpc) is 3.55. The van der Waals surface area contributed by atoms with Crippen molar-refractivity contribution < 1.29 is 35.5 Å². The monoisotopic (exact) mass is 580 g/mol. The van der Waals surface area contributed by atoms with Crippen molar-refractivity contribution >= 4 is 0 Å². The molecule has 1 saturated heterocycles. The summed E-state index contributed by atoms with van der Waals surface area (Å²) in [6.45, 7) is 3.11. The number of alkyl halides is 6. The summed E-state index contributed by atoms with van der Waals surface area (Å²) in [6, 6.07) is 11.8. The fraction of sp³-hybridized carbons (Fsp3) is 0.452. The number of aromatic nitrogens is 1. The minimum atomic E-state index is -4.94. The summed E-state index contributed by atoms with van der Waals surface area (Å²) in [6.07, 6.45) is -4.42. The molecule has 220 valence electrons. The number of pyridine rings is 1. The highest BCUT2D eigenvalue weighted by Gasteiger charge is 2.42. The second kappa shape index (κ2) is 11.7. The van der Waals surface area contributed by atoms with Gasteiger partial charge in [-0.2, -0.15) is 26.3 Å². The maximum atomic E-state index is 13.8. The van der Waals surface area contributed by atoms with E-state index in [1.165, 1.54) is 19.1 Å². The quantitative estimate of drug-likeness (QED) is 0.261. The third-order valence-electron chi connectivity index (χ3n) is 8.35. The second-order valence-corrected chi connectivity index (χ2v) is 11.0. The Bertz CT molecular complexity index is 1280. The molecule has 0 amide bonds. The molecule has 5 atom stereocenters. The summed E-state index contributed by atoms with van der Waals surface area (Å²) in [5.74, 6) is -0.503. The standard InChI is InChI=1S/C31H31F7N2O/c1-19(23-14-24(30(33,34)35)16-25(15-23)31(36,37)38)41-28-11-8-22(29(28)20-6-9-26(32)10-7-20)18-40-13-3-5-27(40)21-4-2-12-39-17-21/h2,4,6-7,9-10,12,14-17,19,22,27-29H,3,5,8,11,13,18H2,1H3/t19-,22?,27+,28?,29?/m0/s1. The predicted octanol–water partition coefficient (Wildman–Crippen LogP) is 8.74. The number of benzene rings is 2. The van der Waals surface area contributed by atoms with Gasteiger partial charge in [-0.15, -0.1) is 0 Å². The molecule has 1 aliphatic carbocycles. The summed E-state index contributed by atoms with van der Waals surface area (Å²) in [4.78, 5) is 6.67. The van der Waals surface area contributed by atoms with E-state index >= 15 is 0 Å². The largest absolute Gasteiger partial charge is 0.416 e. The summed E-state index contributed by atoms with van der Waals surface area (Å²) < 4.78 is 101. The Labute approximate surface area is 234 Å². The van der Waals surface area contributed by atoms with Crippen LogP contribution in [-0.2, 0) is 17.1 Å². The molecule has 41 heavy (non-hydrogen) atoms. The van der Waals surface area contributed by atoms with Crippen molar-refractivity contribution in [1.82, 2.24) is 9.88 Å². The molecule has 1 aromatic heterocycles. The molecule has 0 radical (unpaired) electrons. The van der Waals surface area contributed by atoms with E-state index in [4.69, 9.17) is 4.74 Å². The lowest BCUT2D eigenvalue weighted by Crippen LogP contribution is -2.32. The number of rotatable bonds is 7. The van der Waals surface area contributed by atoms with Gasteiger partial charge >= 0.3 is 12.4 Å². The zero-order valence-electron chi connectivity index (χ0n) is 22.4.